The van der Waals surface area contributed by atoms with Crippen molar-refractivity contribution in [1.82, 2.24) is 4.72 Å². The van der Waals surface area contributed by atoms with Crippen molar-refractivity contribution in [1.29, 1.82) is 0 Å². The SMILES string of the molecule is CC(C)c1ccc(CNS(=O)(=O)C2CC2)cc1. The fraction of sp³-hybridized carbons (Fsp3) is 0.538. The van der Waals surface area contributed by atoms with Gasteiger partial charge in [-0.15, -0.1) is 0 Å². The highest BCUT2D eigenvalue weighted by atomic mass is 32.2. The first-order chi connectivity index (χ1) is 7.99. The van der Waals surface area contributed by atoms with Gasteiger partial charge in [-0.1, -0.05) is 38.1 Å². The Labute approximate surface area is 103 Å². The van der Waals surface area contributed by atoms with E-state index < -0.39 is 10.0 Å². The number of nitrogens with one attached hydrogen (secondary N) is 1. The maximum absolute atomic E-state index is 11.6. The summed E-state index contributed by atoms with van der Waals surface area (Å²) in [5, 5.41) is -0.141. The van der Waals surface area contributed by atoms with E-state index in [-0.39, 0.29) is 5.25 Å². The molecule has 0 saturated heterocycles. The molecular weight excluding hydrogens is 234 g/mol. The van der Waals surface area contributed by atoms with Crippen LogP contribution >= 0.6 is 0 Å². The fourth-order valence-electron chi connectivity index (χ4n) is 1.70. The summed E-state index contributed by atoms with van der Waals surface area (Å²) in [6.45, 7) is 4.69. The van der Waals surface area contributed by atoms with Crippen LogP contribution in [0.4, 0.5) is 0 Å². The Balaban J connectivity index is 1.95. The lowest BCUT2D eigenvalue weighted by Gasteiger charge is -2.08. The lowest BCUT2D eigenvalue weighted by Crippen LogP contribution is -2.26. The van der Waals surface area contributed by atoms with Crippen LogP contribution < -0.4 is 4.72 Å². The minimum absolute atomic E-state index is 0.141. The molecule has 94 valence electrons. The number of benzene rings is 1. The maximum atomic E-state index is 11.6. The summed E-state index contributed by atoms with van der Waals surface area (Å²) in [5.41, 5.74) is 2.29. The molecule has 1 fully saturated rings. The van der Waals surface area contributed by atoms with Gasteiger partial charge in [-0.05, 0) is 29.9 Å². The predicted octanol–water partition coefficient (Wildman–Crippen LogP) is 2.39. The molecule has 1 aliphatic rings. The zero-order valence-electron chi connectivity index (χ0n) is 10.3. The van der Waals surface area contributed by atoms with E-state index in [1.165, 1.54) is 5.56 Å². The van der Waals surface area contributed by atoms with Crippen LogP contribution in [0.2, 0.25) is 0 Å². The Kier molecular flexibility index (Phi) is 3.54. The molecule has 3 nitrogen and oxygen atoms in total. The van der Waals surface area contributed by atoms with Gasteiger partial charge in [-0.3, -0.25) is 0 Å². The molecule has 17 heavy (non-hydrogen) atoms. The number of rotatable bonds is 5. The van der Waals surface area contributed by atoms with E-state index in [9.17, 15) is 8.42 Å². The summed E-state index contributed by atoms with van der Waals surface area (Å²) in [6.07, 6.45) is 1.61. The van der Waals surface area contributed by atoms with E-state index in [2.05, 4.69) is 30.7 Å². The van der Waals surface area contributed by atoms with Gasteiger partial charge < -0.3 is 0 Å². The monoisotopic (exact) mass is 253 g/mol. The van der Waals surface area contributed by atoms with Crippen molar-refractivity contribution in [2.24, 2.45) is 0 Å². The van der Waals surface area contributed by atoms with Gasteiger partial charge in [0.2, 0.25) is 10.0 Å². The fourth-order valence-corrected chi connectivity index (χ4v) is 3.06. The standard InChI is InChI=1S/C13H19NO2S/c1-10(2)12-5-3-11(4-6-12)9-14-17(15,16)13-7-8-13/h3-6,10,13-14H,7-9H2,1-2H3. The van der Waals surface area contributed by atoms with Gasteiger partial charge in [0.05, 0.1) is 5.25 Å². The molecule has 0 unspecified atom stereocenters. The molecule has 0 atom stereocenters. The van der Waals surface area contributed by atoms with Gasteiger partial charge in [-0.25, -0.2) is 13.1 Å². The van der Waals surface area contributed by atoms with Crippen LogP contribution in [0.15, 0.2) is 24.3 Å². The number of hydrogen-bond acceptors (Lipinski definition) is 2. The van der Waals surface area contributed by atoms with Crippen molar-refractivity contribution >= 4 is 10.0 Å². The van der Waals surface area contributed by atoms with Crippen LogP contribution in [0, 0.1) is 0 Å². The topological polar surface area (TPSA) is 46.2 Å². The first-order valence-electron chi connectivity index (χ1n) is 6.06. The normalized spacial score (nSPS) is 16.4. The molecule has 0 aliphatic heterocycles. The molecule has 1 N–H and O–H groups in total. The van der Waals surface area contributed by atoms with Gasteiger partial charge in [-0.2, -0.15) is 0 Å². The minimum atomic E-state index is -3.06. The summed E-state index contributed by atoms with van der Waals surface area (Å²) in [6, 6.07) is 8.10. The second-order valence-electron chi connectivity index (χ2n) is 4.96. The van der Waals surface area contributed by atoms with Crippen LogP contribution in [-0.4, -0.2) is 13.7 Å². The van der Waals surface area contributed by atoms with E-state index in [1.54, 1.807) is 0 Å². The Morgan fingerprint density at radius 2 is 1.82 bits per heavy atom. The molecule has 2 rings (SSSR count). The van der Waals surface area contributed by atoms with Crippen LogP contribution in [0.3, 0.4) is 0 Å². The Morgan fingerprint density at radius 3 is 2.29 bits per heavy atom. The van der Waals surface area contributed by atoms with Crippen LogP contribution in [0.1, 0.15) is 43.7 Å². The summed E-state index contributed by atoms with van der Waals surface area (Å²) < 4.78 is 25.9. The average Bonchev–Trinajstić information content (AvgIpc) is 3.11. The predicted molar refractivity (Wildman–Crippen MR) is 69.3 cm³/mol. The van der Waals surface area contributed by atoms with Crippen molar-refractivity contribution in [3.05, 3.63) is 35.4 Å². The molecule has 0 bridgehead atoms. The Morgan fingerprint density at radius 1 is 1.24 bits per heavy atom. The van der Waals surface area contributed by atoms with E-state index in [0.29, 0.717) is 12.5 Å². The molecule has 0 heterocycles. The van der Waals surface area contributed by atoms with Gasteiger partial charge in [0.15, 0.2) is 0 Å². The molecule has 1 aliphatic carbocycles. The van der Waals surface area contributed by atoms with Gasteiger partial charge in [0.25, 0.3) is 0 Å². The number of hydrogen-bond donors (Lipinski definition) is 1. The highest BCUT2D eigenvalue weighted by Gasteiger charge is 2.35. The summed E-state index contributed by atoms with van der Waals surface area (Å²) in [4.78, 5) is 0. The highest BCUT2D eigenvalue weighted by molar-refractivity contribution is 7.90. The molecule has 0 amide bonds. The van der Waals surface area contributed by atoms with Crippen LogP contribution in [0.25, 0.3) is 0 Å². The Bertz CT molecular complexity index is 473. The molecule has 0 radical (unpaired) electrons. The lowest BCUT2D eigenvalue weighted by atomic mass is 10.0. The molecular formula is C13H19NO2S. The molecule has 4 heteroatoms. The highest BCUT2D eigenvalue weighted by Crippen LogP contribution is 2.27. The quantitative estimate of drug-likeness (QED) is 0.875. The second kappa shape index (κ2) is 4.78. The first-order valence-corrected chi connectivity index (χ1v) is 7.61. The molecule has 1 aromatic rings. The van der Waals surface area contributed by atoms with Crippen molar-refractivity contribution in [3.63, 3.8) is 0 Å². The van der Waals surface area contributed by atoms with Crippen molar-refractivity contribution in [2.45, 2.75) is 44.4 Å². The summed E-state index contributed by atoms with van der Waals surface area (Å²) in [5.74, 6) is 0.507. The minimum Gasteiger partial charge on any atom is -0.212 e. The van der Waals surface area contributed by atoms with Crippen molar-refractivity contribution in [2.75, 3.05) is 0 Å². The van der Waals surface area contributed by atoms with E-state index in [0.717, 1.165) is 18.4 Å². The van der Waals surface area contributed by atoms with Crippen LogP contribution in [-0.2, 0) is 16.6 Å². The zero-order valence-corrected chi connectivity index (χ0v) is 11.1. The lowest BCUT2D eigenvalue weighted by molar-refractivity contribution is 0.580. The van der Waals surface area contributed by atoms with Gasteiger partial charge in [0, 0.05) is 6.54 Å². The molecule has 1 aromatic carbocycles. The second-order valence-corrected chi connectivity index (χ2v) is 7.01. The largest absolute Gasteiger partial charge is 0.214 e. The third-order valence-electron chi connectivity index (χ3n) is 3.09. The number of sulfonamides is 1. The van der Waals surface area contributed by atoms with Crippen molar-refractivity contribution in [3.8, 4) is 0 Å². The first kappa shape index (κ1) is 12.6. The maximum Gasteiger partial charge on any atom is 0.214 e. The van der Waals surface area contributed by atoms with Crippen molar-refractivity contribution < 1.29 is 8.42 Å². The van der Waals surface area contributed by atoms with E-state index >= 15 is 0 Å². The molecule has 1 saturated carbocycles. The average molecular weight is 253 g/mol. The summed E-state index contributed by atoms with van der Waals surface area (Å²) in [7, 11) is -3.06. The molecule has 0 aromatic heterocycles. The zero-order chi connectivity index (χ0) is 12.5. The van der Waals surface area contributed by atoms with Gasteiger partial charge in [0.1, 0.15) is 0 Å². The smallest absolute Gasteiger partial charge is 0.212 e. The third kappa shape index (κ3) is 3.30. The van der Waals surface area contributed by atoms with E-state index in [1.807, 2.05) is 12.1 Å². The van der Waals surface area contributed by atoms with Gasteiger partial charge >= 0.3 is 0 Å². The Hall–Kier alpha value is -0.870. The molecule has 0 spiro atoms. The third-order valence-corrected chi connectivity index (χ3v) is 4.98. The summed E-state index contributed by atoms with van der Waals surface area (Å²) >= 11 is 0. The van der Waals surface area contributed by atoms with Crippen LogP contribution in [0.5, 0.6) is 0 Å². The van der Waals surface area contributed by atoms with E-state index in [4.69, 9.17) is 0 Å².